The van der Waals surface area contributed by atoms with Crippen molar-refractivity contribution in [2.24, 2.45) is 0 Å². The summed E-state index contributed by atoms with van der Waals surface area (Å²) in [5.74, 6) is 0.506. The van der Waals surface area contributed by atoms with Crippen LogP contribution in [0.3, 0.4) is 0 Å². The fourth-order valence-electron chi connectivity index (χ4n) is 2.22. The van der Waals surface area contributed by atoms with Gasteiger partial charge in [-0.15, -0.1) is 11.6 Å². The van der Waals surface area contributed by atoms with Crippen molar-refractivity contribution in [2.45, 2.75) is 32.2 Å². The van der Waals surface area contributed by atoms with Crippen LogP contribution in [0.2, 0.25) is 0 Å². The number of alkyl halides is 1. The molecule has 0 spiro atoms. The fraction of sp³-hybridized carbons (Fsp3) is 0.500. The van der Waals surface area contributed by atoms with Gasteiger partial charge in [0.05, 0.1) is 32.6 Å². The molecule has 6 heteroatoms. The Bertz CT molecular complexity index is 615. The van der Waals surface area contributed by atoms with E-state index in [1.54, 1.807) is 6.07 Å². The molecule has 0 aliphatic rings. The van der Waals surface area contributed by atoms with Crippen LogP contribution in [0.4, 0.5) is 4.39 Å². The molecule has 0 aliphatic carbocycles. The van der Waals surface area contributed by atoms with Crippen molar-refractivity contribution in [3.63, 3.8) is 0 Å². The van der Waals surface area contributed by atoms with E-state index in [2.05, 4.69) is 4.98 Å². The number of halogens is 3. The van der Waals surface area contributed by atoms with Gasteiger partial charge in [-0.1, -0.05) is 0 Å². The fourth-order valence-corrected chi connectivity index (χ4v) is 2.82. The summed E-state index contributed by atoms with van der Waals surface area (Å²) >= 11 is 8.19. The molecule has 0 bridgehead atoms. The Kier molecular flexibility index (Phi) is 5.25. The number of fused-ring (bicyclic) bond motifs is 1. The summed E-state index contributed by atoms with van der Waals surface area (Å²) in [4.78, 5) is 4.55. The molecular formula is C14H17ClFIN2O. The molecule has 2 rings (SSSR count). The lowest BCUT2D eigenvalue weighted by Crippen LogP contribution is -2.15. The van der Waals surface area contributed by atoms with Crippen LogP contribution in [0.15, 0.2) is 12.1 Å². The number of hydrogen-bond acceptors (Lipinski definition) is 2. The van der Waals surface area contributed by atoms with Crippen LogP contribution < -0.4 is 0 Å². The van der Waals surface area contributed by atoms with Crippen LogP contribution in [0.1, 0.15) is 38.0 Å². The number of aromatic nitrogens is 2. The summed E-state index contributed by atoms with van der Waals surface area (Å²) in [5, 5.41) is -0.243. The maximum atomic E-state index is 13.8. The topological polar surface area (TPSA) is 27.1 Å². The largest absolute Gasteiger partial charge is 0.380 e. The van der Waals surface area contributed by atoms with E-state index in [0.717, 1.165) is 16.9 Å². The SMILES string of the molecule is CCOCC(C)n1c(C(C)Cl)nc2cc(I)c(F)cc21. The summed E-state index contributed by atoms with van der Waals surface area (Å²) in [7, 11) is 0. The monoisotopic (exact) mass is 410 g/mol. The standard InChI is InChI=1S/C14H17ClFIN2O/c1-4-20-7-8(2)19-13-5-10(16)11(17)6-12(13)18-14(19)9(3)15/h5-6,8-9H,4,7H2,1-3H3. The molecule has 0 fully saturated rings. The Hall–Kier alpha value is -0.400. The molecule has 2 aromatic rings. The molecule has 2 atom stereocenters. The van der Waals surface area contributed by atoms with Crippen LogP contribution in [0, 0.1) is 9.39 Å². The quantitative estimate of drug-likeness (QED) is 0.529. The lowest BCUT2D eigenvalue weighted by molar-refractivity contribution is 0.119. The zero-order valence-electron chi connectivity index (χ0n) is 11.7. The van der Waals surface area contributed by atoms with Crippen molar-refractivity contribution in [2.75, 3.05) is 13.2 Å². The second kappa shape index (κ2) is 6.58. The third-order valence-electron chi connectivity index (χ3n) is 3.12. The van der Waals surface area contributed by atoms with Gasteiger partial charge in [-0.3, -0.25) is 0 Å². The number of nitrogens with zero attached hydrogens (tertiary/aromatic N) is 2. The minimum Gasteiger partial charge on any atom is -0.380 e. The highest BCUT2D eigenvalue weighted by Crippen LogP contribution is 2.30. The molecule has 1 heterocycles. The summed E-state index contributed by atoms with van der Waals surface area (Å²) in [6, 6.07) is 3.32. The van der Waals surface area contributed by atoms with Crippen LogP contribution in [-0.2, 0) is 4.74 Å². The molecule has 20 heavy (non-hydrogen) atoms. The van der Waals surface area contributed by atoms with Gasteiger partial charge in [-0.05, 0) is 49.4 Å². The Morgan fingerprint density at radius 2 is 2.15 bits per heavy atom. The van der Waals surface area contributed by atoms with Gasteiger partial charge < -0.3 is 9.30 Å². The second-order valence-corrected chi connectivity index (χ2v) is 6.54. The molecule has 2 unspecified atom stereocenters. The van der Waals surface area contributed by atoms with E-state index < -0.39 is 0 Å². The first kappa shape index (κ1) is 16.0. The van der Waals surface area contributed by atoms with Gasteiger partial charge in [0.1, 0.15) is 11.6 Å². The average Bonchev–Trinajstić information content (AvgIpc) is 2.75. The van der Waals surface area contributed by atoms with Gasteiger partial charge in [-0.2, -0.15) is 0 Å². The first-order chi connectivity index (χ1) is 9.45. The molecule has 0 aliphatic heterocycles. The van der Waals surface area contributed by atoms with E-state index in [9.17, 15) is 4.39 Å². The highest BCUT2D eigenvalue weighted by molar-refractivity contribution is 14.1. The Morgan fingerprint density at radius 3 is 2.75 bits per heavy atom. The lowest BCUT2D eigenvalue weighted by Gasteiger charge is -2.18. The van der Waals surface area contributed by atoms with Crippen LogP contribution in [0.25, 0.3) is 11.0 Å². The summed E-state index contributed by atoms with van der Waals surface area (Å²) < 4.78 is 21.8. The molecule has 0 radical (unpaired) electrons. The average molecular weight is 411 g/mol. The predicted molar refractivity (Wildman–Crippen MR) is 87.9 cm³/mol. The zero-order valence-corrected chi connectivity index (χ0v) is 14.6. The Balaban J connectivity index is 2.58. The molecule has 1 aromatic heterocycles. The van der Waals surface area contributed by atoms with Gasteiger partial charge in [0.2, 0.25) is 0 Å². The van der Waals surface area contributed by atoms with E-state index in [0.29, 0.717) is 16.8 Å². The summed E-state index contributed by atoms with van der Waals surface area (Å²) in [5.41, 5.74) is 1.53. The molecule has 1 aromatic carbocycles. The molecule has 0 saturated carbocycles. The van der Waals surface area contributed by atoms with Gasteiger partial charge >= 0.3 is 0 Å². The van der Waals surface area contributed by atoms with Crippen molar-refractivity contribution >= 4 is 45.2 Å². The molecule has 110 valence electrons. The predicted octanol–water partition coefficient (Wildman–Crippen LogP) is 4.68. The van der Waals surface area contributed by atoms with Crippen molar-refractivity contribution in [3.05, 3.63) is 27.3 Å². The van der Waals surface area contributed by atoms with Gasteiger partial charge in [0.15, 0.2) is 0 Å². The molecule has 0 saturated heterocycles. The minimum atomic E-state index is -0.243. The van der Waals surface area contributed by atoms with Crippen molar-refractivity contribution in [1.29, 1.82) is 0 Å². The highest BCUT2D eigenvalue weighted by atomic mass is 127. The third-order valence-corrected chi connectivity index (χ3v) is 4.14. The number of ether oxygens (including phenoxy) is 1. The van der Waals surface area contributed by atoms with E-state index in [4.69, 9.17) is 16.3 Å². The normalized spacial score (nSPS) is 14.7. The highest BCUT2D eigenvalue weighted by Gasteiger charge is 2.20. The third kappa shape index (κ3) is 3.09. The van der Waals surface area contributed by atoms with E-state index in [-0.39, 0.29) is 17.2 Å². The maximum absolute atomic E-state index is 13.8. The molecular weight excluding hydrogens is 394 g/mol. The molecule has 0 amide bonds. The van der Waals surface area contributed by atoms with Crippen LogP contribution in [-0.4, -0.2) is 22.8 Å². The summed E-state index contributed by atoms with van der Waals surface area (Å²) in [6.45, 7) is 7.04. The van der Waals surface area contributed by atoms with Gasteiger partial charge in [0, 0.05) is 12.7 Å². The smallest absolute Gasteiger partial charge is 0.138 e. The first-order valence-corrected chi connectivity index (χ1v) is 8.05. The Labute approximate surface area is 136 Å². The van der Waals surface area contributed by atoms with Crippen molar-refractivity contribution in [3.8, 4) is 0 Å². The first-order valence-electron chi connectivity index (χ1n) is 6.54. The number of hydrogen-bond donors (Lipinski definition) is 0. The lowest BCUT2D eigenvalue weighted by atomic mass is 10.2. The molecule has 3 nitrogen and oxygen atoms in total. The summed E-state index contributed by atoms with van der Waals surface area (Å²) in [6.07, 6.45) is 0. The van der Waals surface area contributed by atoms with E-state index >= 15 is 0 Å². The van der Waals surface area contributed by atoms with E-state index in [1.165, 1.54) is 6.07 Å². The van der Waals surface area contributed by atoms with Crippen LogP contribution >= 0.6 is 34.2 Å². The number of benzene rings is 1. The number of rotatable bonds is 5. The second-order valence-electron chi connectivity index (χ2n) is 4.72. The number of imidazole rings is 1. The Morgan fingerprint density at radius 1 is 1.45 bits per heavy atom. The van der Waals surface area contributed by atoms with Gasteiger partial charge in [-0.25, -0.2) is 9.37 Å². The van der Waals surface area contributed by atoms with Gasteiger partial charge in [0.25, 0.3) is 0 Å². The minimum absolute atomic E-state index is 0.0515. The van der Waals surface area contributed by atoms with Crippen molar-refractivity contribution in [1.82, 2.24) is 9.55 Å². The maximum Gasteiger partial charge on any atom is 0.138 e. The van der Waals surface area contributed by atoms with E-state index in [1.807, 2.05) is 47.9 Å². The van der Waals surface area contributed by atoms with Crippen LogP contribution in [0.5, 0.6) is 0 Å². The zero-order chi connectivity index (χ0) is 14.9. The van der Waals surface area contributed by atoms with Crippen molar-refractivity contribution < 1.29 is 9.13 Å². The molecule has 0 N–H and O–H groups in total.